The quantitative estimate of drug-likeness (QED) is 0.396. The van der Waals surface area contributed by atoms with E-state index in [-0.39, 0.29) is 0 Å². The molecule has 0 radical (unpaired) electrons. The number of hydrogen-bond donors (Lipinski definition) is 0. The average molecular weight is 357 g/mol. The van der Waals surface area contributed by atoms with Crippen molar-refractivity contribution in [2.24, 2.45) is 0 Å². The number of benzene rings is 2. The summed E-state index contributed by atoms with van der Waals surface area (Å²) in [6.07, 6.45) is 6.83. The third kappa shape index (κ3) is 4.58. The Morgan fingerprint density at radius 3 is 1.64 bits per heavy atom. The molecule has 0 atom stereocenters. The van der Waals surface area contributed by atoms with E-state index in [0.717, 1.165) is 24.6 Å². The van der Waals surface area contributed by atoms with Gasteiger partial charge in [0.25, 0.3) is 0 Å². The van der Waals surface area contributed by atoms with E-state index in [1.165, 1.54) is 34.2 Å². The van der Waals surface area contributed by atoms with E-state index in [2.05, 4.69) is 84.4 Å². The normalized spacial score (nSPS) is 10.5. The Morgan fingerprint density at radius 2 is 1.27 bits per heavy atom. The third-order valence-corrected chi connectivity index (χ3v) is 4.59. The summed E-state index contributed by atoms with van der Waals surface area (Å²) in [5, 5.41) is 1.06. The second-order valence-corrected chi connectivity index (χ2v) is 6.34. The van der Waals surface area contributed by atoms with Gasteiger partial charge in [-0.1, -0.05) is 84.4 Å². The van der Waals surface area contributed by atoms with Gasteiger partial charge in [0.05, 0.1) is 0 Å². The molecule has 0 unspecified atom stereocenters. The third-order valence-electron chi connectivity index (χ3n) is 4.03. The molecule has 0 heterocycles. The van der Waals surface area contributed by atoms with E-state index < -0.39 is 0 Å². The molecular weight excluding hydrogens is 332 g/mol. The molecule has 1 heteroatoms. The summed E-state index contributed by atoms with van der Waals surface area (Å²) in [6, 6.07) is 18.0. The molecule has 2 aromatic rings. The van der Waals surface area contributed by atoms with E-state index in [1.807, 2.05) is 0 Å². The molecular formula is C21H25Br. The van der Waals surface area contributed by atoms with E-state index in [1.54, 1.807) is 0 Å². The van der Waals surface area contributed by atoms with Gasteiger partial charge in [-0.3, -0.25) is 0 Å². The van der Waals surface area contributed by atoms with Crippen LogP contribution in [-0.4, -0.2) is 5.33 Å². The molecule has 0 fully saturated rings. The van der Waals surface area contributed by atoms with Crippen LogP contribution in [0.25, 0.3) is 5.57 Å². The lowest BCUT2D eigenvalue weighted by Crippen LogP contribution is -1.91. The highest BCUT2D eigenvalue weighted by Crippen LogP contribution is 2.25. The Morgan fingerprint density at radius 1 is 0.818 bits per heavy atom. The minimum atomic E-state index is 1.06. The predicted octanol–water partition coefficient (Wildman–Crippen LogP) is 6.42. The van der Waals surface area contributed by atoms with Gasteiger partial charge in [0.15, 0.2) is 0 Å². The maximum atomic E-state index is 3.52. The summed E-state index contributed by atoms with van der Waals surface area (Å²) in [5.74, 6) is 0. The van der Waals surface area contributed by atoms with Gasteiger partial charge in [0, 0.05) is 5.33 Å². The van der Waals surface area contributed by atoms with Crippen LogP contribution >= 0.6 is 15.9 Å². The topological polar surface area (TPSA) is 0 Å². The van der Waals surface area contributed by atoms with Gasteiger partial charge in [0.2, 0.25) is 0 Å². The van der Waals surface area contributed by atoms with E-state index in [0.29, 0.717) is 0 Å². The summed E-state index contributed by atoms with van der Waals surface area (Å²) in [4.78, 5) is 0. The number of aryl methyl sites for hydroxylation is 2. The van der Waals surface area contributed by atoms with Crippen LogP contribution in [0.1, 0.15) is 48.9 Å². The minimum Gasteiger partial charge on any atom is -0.0928 e. The van der Waals surface area contributed by atoms with E-state index >= 15 is 0 Å². The number of halogens is 1. The first-order chi connectivity index (χ1) is 10.8. The highest BCUT2D eigenvalue weighted by molar-refractivity contribution is 9.09. The largest absolute Gasteiger partial charge is 0.0928 e. The Hall–Kier alpha value is -1.34. The highest BCUT2D eigenvalue weighted by atomic mass is 79.9. The van der Waals surface area contributed by atoms with Gasteiger partial charge >= 0.3 is 0 Å². The molecule has 0 aromatic heterocycles. The second-order valence-electron chi connectivity index (χ2n) is 5.55. The summed E-state index contributed by atoms with van der Waals surface area (Å²) in [6.45, 7) is 4.40. The van der Waals surface area contributed by atoms with Crippen molar-refractivity contribution in [3.8, 4) is 0 Å². The van der Waals surface area contributed by atoms with Crippen LogP contribution in [0, 0.1) is 0 Å². The SMILES string of the molecule is CCc1ccc(C(=CCCCBr)c2ccc(CC)cc2)cc1. The average Bonchev–Trinajstić information content (AvgIpc) is 2.59. The molecule has 116 valence electrons. The van der Waals surface area contributed by atoms with Crippen molar-refractivity contribution >= 4 is 21.5 Å². The van der Waals surface area contributed by atoms with Crippen LogP contribution in [0.15, 0.2) is 54.6 Å². The maximum Gasteiger partial charge on any atom is 0.00342 e. The van der Waals surface area contributed by atoms with E-state index in [9.17, 15) is 0 Å². The molecule has 0 saturated heterocycles. The van der Waals surface area contributed by atoms with Crippen LogP contribution < -0.4 is 0 Å². The van der Waals surface area contributed by atoms with Crippen molar-refractivity contribution in [2.75, 3.05) is 5.33 Å². The summed E-state index contributed by atoms with van der Waals surface area (Å²) >= 11 is 3.52. The van der Waals surface area contributed by atoms with Crippen LogP contribution in [0.4, 0.5) is 0 Å². The van der Waals surface area contributed by atoms with Crippen molar-refractivity contribution in [1.29, 1.82) is 0 Å². The van der Waals surface area contributed by atoms with Crippen molar-refractivity contribution in [3.05, 3.63) is 76.9 Å². The van der Waals surface area contributed by atoms with Crippen molar-refractivity contribution in [3.63, 3.8) is 0 Å². The van der Waals surface area contributed by atoms with E-state index in [4.69, 9.17) is 0 Å². The maximum absolute atomic E-state index is 3.52. The molecule has 0 aliphatic rings. The Labute approximate surface area is 143 Å². The van der Waals surface area contributed by atoms with Crippen molar-refractivity contribution < 1.29 is 0 Å². The number of allylic oxidation sites excluding steroid dienone is 1. The molecule has 0 aliphatic carbocycles. The summed E-state index contributed by atoms with van der Waals surface area (Å²) < 4.78 is 0. The predicted molar refractivity (Wildman–Crippen MR) is 102 cm³/mol. The summed E-state index contributed by atoms with van der Waals surface area (Å²) in [5.41, 5.74) is 6.77. The van der Waals surface area contributed by atoms with Gasteiger partial charge in [-0.05, 0) is 53.5 Å². The van der Waals surface area contributed by atoms with Gasteiger partial charge < -0.3 is 0 Å². The molecule has 2 rings (SSSR count). The molecule has 22 heavy (non-hydrogen) atoms. The van der Waals surface area contributed by atoms with Crippen LogP contribution in [0.2, 0.25) is 0 Å². The summed E-state index contributed by atoms with van der Waals surface area (Å²) in [7, 11) is 0. The zero-order valence-electron chi connectivity index (χ0n) is 13.6. The smallest absolute Gasteiger partial charge is 0.00342 e. The fourth-order valence-electron chi connectivity index (χ4n) is 2.57. The fraction of sp³-hybridized carbons (Fsp3) is 0.333. The lowest BCUT2D eigenvalue weighted by Gasteiger charge is -2.10. The highest BCUT2D eigenvalue weighted by Gasteiger charge is 2.05. The Kier molecular flexibility index (Phi) is 6.92. The number of rotatable bonds is 7. The molecule has 0 aliphatic heterocycles. The van der Waals surface area contributed by atoms with Crippen LogP contribution in [-0.2, 0) is 12.8 Å². The van der Waals surface area contributed by atoms with Crippen molar-refractivity contribution in [1.82, 2.24) is 0 Å². The molecule has 0 nitrogen and oxygen atoms in total. The molecule has 2 aromatic carbocycles. The van der Waals surface area contributed by atoms with Gasteiger partial charge in [0.1, 0.15) is 0 Å². The molecule has 0 bridgehead atoms. The number of unbranched alkanes of at least 4 members (excludes halogenated alkanes) is 1. The number of hydrogen-bond acceptors (Lipinski definition) is 0. The first-order valence-electron chi connectivity index (χ1n) is 8.23. The fourth-order valence-corrected chi connectivity index (χ4v) is 2.89. The van der Waals surface area contributed by atoms with Gasteiger partial charge in [-0.25, -0.2) is 0 Å². The Balaban J connectivity index is 2.33. The van der Waals surface area contributed by atoms with Crippen molar-refractivity contribution in [2.45, 2.75) is 39.5 Å². The van der Waals surface area contributed by atoms with Crippen LogP contribution in [0.5, 0.6) is 0 Å². The zero-order valence-corrected chi connectivity index (χ0v) is 15.2. The first kappa shape index (κ1) is 17.0. The lowest BCUT2D eigenvalue weighted by atomic mass is 9.94. The van der Waals surface area contributed by atoms with Gasteiger partial charge in [-0.15, -0.1) is 0 Å². The zero-order chi connectivity index (χ0) is 15.8. The van der Waals surface area contributed by atoms with Gasteiger partial charge in [-0.2, -0.15) is 0 Å². The standard InChI is InChI=1S/C21H25Br/c1-3-17-8-12-19(13-9-17)21(7-5-6-16-22)20-14-10-18(4-2)11-15-20/h7-15H,3-6,16H2,1-2H3. The monoisotopic (exact) mass is 356 g/mol. The van der Waals surface area contributed by atoms with Crippen LogP contribution in [0.3, 0.4) is 0 Å². The lowest BCUT2D eigenvalue weighted by molar-refractivity contribution is 0.980. The second kappa shape index (κ2) is 8.95. The first-order valence-corrected chi connectivity index (χ1v) is 9.35. The molecule has 0 N–H and O–H groups in total. The molecule has 0 spiro atoms. The molecule has 0 amide bonds. The Bertz CT molecular complexity index is 541. The minimum absolute atomic E-state index is 1.06. The number of alkyl halides is 1. The molecule has 0 saturated carbocycles.